The van der Waals surface area contributed by atoms with Crippen LogP contribution in [-0.2, 0) is 0 Å². The fourth-order valence-corrected chi connectivity index (χ4v) is 1.10. The topological polar surface area (TPSA) is 70.7 Å². The first-order valence-electron chi connectivity index (χ1n) is 4.29. The Morgan fingerprint density at radius 3 is 2.88 bits per heavy atom. The fourth-order valence-electron chi connectivity index (χ4n) is 1.10. The minimum absolute atomic E-state index is 0.0799. The average Bonchev–Trinajstić information content (AvgIpc) is 2.78. The number of amides is 1. The first-order valence-corrected chi connectivity index (χ1v) is 4.29. The predicted octanol–water partition coefficient (Wildman–Crippen LogP) is 1.34. The third-order valence-electron chi connectivity index (χ3n) is 1.83. The van der Waals surface area contributed by atoms with Crippen LogP contribution in [0.2, 0.25) is 0 Å². The molecule has 0 bridgehead atoms. The van der Waals surface area contributed by atoms with Gasteiger partial charge in [-0.3, -0.25) is 9.89 Å². The van der Waals surface area contributed by atoms with Gasteiger partial charge in [-0.1, -0.05) is 6.07 Å². The van der Waals surface area contributed by atoms with Gasteiger partial charge in [0.2, 0.25) is 5.82 Å². The molecule has 82 valence electrons. The fraction of sp³-hybridized carbons (Fsp3) is 0. The highest BCUT2D eigenvalue weighted by Gasteiger charge is 2.13. The molecule has 0 radical (unpaired) electrons. The van der Waals surface area contributed by atoms with E-state index >= 15 is 0 Å². The molecular formula is C9H6F2N4O. The minimum Gasteiger partial charge on any atom is -0.317 e. The quantitative estimate of drug-likeness (QED) is 0.808. The molecule has 16 heavy (non-hydrogen) atoms. The lowest BCUT2D eigenvalue weighted by Crippen LogP contribution is -2.15. The summed E-state index contributed by atoms with van der Waals surface area (Å²) >= 11 is 0. The van der Waals surface area contributed by atoms with Crippen molar-refractivity contribution in [1.82, 2.24) is 15.2 Å². The molecule has 0 unspecified atom stereocenters. The molecule has 0 saturated heterocycles. The summed E-state index contributed by atoms with van der Waals surface area (Å²) in [5, 5.41) is 7.93. The summed E-state index contributed by atoms with van der Waals surface area (Å²) in [6, 6.07) is 3.49. The third kappa shape index (κ3) is 1.88. The summed E-state index contributed by atoms with van der Waals surface area (Å²) in [5.74, 6) is -2.92. The lowest BCUT2D eigenvalue weighted by molar-refractivity contribution is 0.101. The largest absolute Gasteiger partial charge is 0.317 e. The van der Waals surface area contributed by atoms with Gasteiger partial charge in [0.25, 0.3) is 5.91 Å². The molecule has 1 aromatic carbocycles. The van der Waals surface area contributed by atoms with Crippen LogP contribution in [0.25, 0.3) is 0 Å². The zero-order valence-corrected chi connectivity index (χ0v) is 7.87. The van der Waals surface area contributed by atoms with Crippen molar-refractivity contribution in [3.05, 3.63) is 42.0 Å². The first-order chi connectivity index (χ1) is 7.68. The highest BCUT2D eigenvalue weighted by Crippen LogP contribution is 2.16. The average molecular weight is 224 g/mol. The van der Waals surface area contributed by atoms with Gasteiger partial charge in [0.05, 0.1) is 5.69 Å². The van der Waals surface area contributed by atoms with Gasteiger partial charge in [-0.25, -0.2) is 13.8 Å². The first kappa shape index (κ1) is 10.2. The molecule has 0 atom stereocenters. The minimum atomic E-state index is -1.12. The van der Waals surface area contributed by atoms with Crippen LogP contribution in [0.1, 0.15) is 10.6 Å². The van der Waals surface area contributed by atoms with Crippen molar-refractivity contribution in [3.8, 4) is 0 Å². The van der Waals surface area contributed by atoms with Gasteiger partial charge >= 0.3 is 0 Å². The van der Waals surface area contributed by atoms with E-state index in [1.807, 2.05) is 0 Å². The summed E-state index contributed by atoms with van der Waals surface area (Å²) in [6.07, 6.45) is 1.14. The molecule has 0 aliphatic carbocycles. The number of nitrogens with one attached hydrogen (secondary N) is 2. The molecule has 1 amide bonds. The maximum absolute atomic E-state index is 13.2. The van der Waals surface area contributed by atoms with Crippen molar-refractivity contribution in [2.75, 3.05) is 5.32 Å². The Balaban J connectivity index is 2.22. The van der Waals surface area contributed by atoms with Crippen LogP contribution in [0.4, 0.5) is 14.5 Å². The smallest absolute Gasteiger partial charge is 0.293 e. The van der Waals surface area contributed by atoms with Gasteiger partial charge < -0.3 is 5.32 Å². The Labute approximate surface area is 88.5 Å². The zero-order valence-electron chi connectivity index (χ0n) is 7.87. The molecule has 2 aromatic rings. The highest BCUT2D eigenvalue weighted by molar-refractivity contribution is 6.01. The van der Waals surface area contributed by atoms with Crippen LogP contribution < -0.4 is 5.32 Å². The molecule has 7 heteroatoms. The maximum Gasteiger partial charge on any atom is 0.293 e. The second kappa shape index (κ2) is 4.05. The number of anilines is 1. The van der Waals surface area contributed by atoms with Gasteiger partial charge in [0, 0.05) is 0 Å². The van der Waals surface area contributed by atoms with Crippen molar-refractivity contribution in [2.45, 2.75) is 0 Å². The lowest BCUT2D eigenvalue weighted by Gasteiger charge is -2.04. The lowest BCUT2D eigenvalue weighted by atomic mass is 10.3. The van der Waals surface area contributed by atoms with E-state index in [-0.39, 0.29) is 11.5 Å². The summed E-state index contributed by atoms with van der Waals surface area (Å²) in [6.45, 7) is 0. The number of nitrogens with zero attached hydrogens (tertiary/aromatic N) is 2. The van der Waals surface area contributed by atoms with Crippen molar-refractivity contribution < 1.29 is 13.6 Å². The van der Waals surface area contributed by atoms with Crippen LogP contribution in [-0.4, -0.2) is 21.1 Å². The molecule has 1 aromatic heterocycles. The number of aromatic nitrogens is 3. The molecular weight excluding hydrogens is 218 g/mol. The molecule has 0 fully saturated rings. The standard InChI is InChI=1S/C9H6F2N4O/c10-5-2-1-3-6(7(5)11)14-9(16)8-12-4-13-15-8/h1-4H,(H,14,16)(H,12,13,15). The molecule has 0 aliphatic rings. The second-order valence-electron chi connectivity index (χ2n) is 2.89. The number of H-pyrrole nitrogens is 1. The Bertz CT molecular complexity index is 512. The number of aromatic amines is 1. The normalized spacial score (nSPS) is 10.1. The van der Waals surface area contributed by atoms with E-state index < -0.39 is 17.5 Å². The monoisotopic (exact) mass is 224 g/mol. The van der Waals surface area contributed by atoms with Crippen LogP contribution in [0, 0.1) is 11.6 Å². The zero-order chi connectivity index (χ0) is 11.5. The van der Waals surface area contributed by atoms with Crippen LogP contribution >= 0.6 is 0 Å². The van der Waals surface area contributed by atoms with Crippen LogP contribution in [0.5, 0.6) is 0 Å². The number of halogens is 2. The van der Waals surface area contributed by atoms with Gasteiger partial charge in [0.1, 0.15) is 6.33 Å². The Hall–Kier alpha value is -2.31. The van der Waals surface area contributed by atoms with E-state index in [9.17, 15) is 13.6 Å². The van der Waals surface area contributed by atoms with Crippen molar-refractivity contribution in [1.29, 1.82) is 0 Å². The number of carbonyl (C=O) groups is 1. The van der Waals surface area contributed by atoms with Gasteiger partial charge in [-0.2, -0.15) is 5.10 Å². The molecule has 5 nitrogen and oxygen atoms in total. The molecule has 0 saturated carbocycles. The number of hydrogen-bond donors (Lipinski definition) is 2. The van der Waals surface area contributed by atoms with E-state index in [0.717, 1.165) is 12.4 Å². The Kier molecular flexibility index (Phi) is 2.59. The van der Waals surface area contributed by atoms with Crippen molar-refractivity contribution in [2.24, 2.45) is 0 Å². The van der Waals surface area contributed by atoms with Gasteiger partial charge in [-0.15, -0.1) is 0 Å². The van der Waals surface area contributed by atoms with E-state index in [2.05, 4.69) is 20.5 Å². The van der Waals surface area contributed by atoms with E-state index in [0.29, 0.717) is 0 Å². The van der Waals surface area contributed by atoms with Crippen LogP contribution in [0.15, 0.2) is 24.5 Å². The Morgan fingerprint density at radius 1 is 1.38 bits per heavy atom. The predicted molar refractivity (Wildman–Crippen MR) is 50.7 cm³/mol. The van der Waals surface area contributed by atoms with Crippen molar-refractivity contribution >= 4 is 11.6 Å². The number of hydrogen-bond acceptors (Lipinski definition) is 3. The maximum atomic E-state index is 13.2. The number of rotatable bonds is 2. The second-order valence-corrected chi connectivity index (χ2v) is 2.89. The Morgan fingerprint density at radius 2 is 2.19 bits per heavy atom. The van der Waals surface area contributed by atoms with Gasteiger partial charge in [-0.05, 0) is 12.1 Å². The summed E-state index contributed by atoms with van der Waals surface area (Å²) in [4.78, 5) is 15.0. The van der Waals surface area contributed by atoms with Crippen molar-refractivity contribution in [3.63, 3.8) is 0 Å². The molecule has 0 spiro atoms. The summed E-state index contributed by atoms with van der Waals surface area (Å²) in [5.41, 5.74) is -0.249. The molecule has 0 aliphatic heterocycles. The van der Waals surface area contributed by atoms with E-state index in [1.54, 1.807) is 0 Å². The van der Waals surface area contributed by atoms with E-state index in [4.69, 9.17) is 0 Å². The molecule has 2 N–H and O–H groups in total. The number of carbonyl (C=O) groups excluding carboxylic acids is 1. The van der Waals surface area contributed by atoms with E-state index in [1.165, 1.54) is 12.1 Å². The molecule has 1 heterocycles. The SMILES string of the molecule is O=C(Nc1cccc(F)c1F)c1ncn[nH]1. The molecule has 2 rings (SSSR count). The van der Waals surface area contributed by atoms with Crippen LogP contribution in [0.3, 0.4) is 0 Å². The third-order valence-corrected chi connectivity index (χ3v) is 1.83. The summed E-state index contributed by atoms with van der Waals surface area (Å²) < 4.78 is 26.0. The highest BCUT2D eigenvalue weighted by atomic mass is 19.2. The van der Waals surface area contributed by atoms with Gasteiger partial charge in [0.15, 0.2) is 11.6 Å². The number of benzene rings is 1. The summed E-state index contributed by atoms with van der Waals surface area (Å²) in [7, 11) is 0.